The summed E-state index contributed by atoms with van der Waals surface area (Å²) in [6, 6.07) is 12.4. The van der Waals surface area contributed by atoms with E-state index in [9.17, 15) is 14.0 Å². The summed E-state index contributed by atoms with van der Waals surface area (Å²) in [5.41, 5.74) is 6.13. The van der Waals surface area contributed by atoms with E-state index in [1.807, 2.05) is 0 Å². The molecule has 0 saturated heterocycles. The van der Waals surface area contributed by atoms with Gasteiger partial charge in [-0.05, 0) is 42.0 Å². The Labute approximate surface area is 132 Å². The molecule has 0 aliphatic carbocycles. The lowest BCUT2D eigenvalue weighted by Crippen LogP contribution is -2.19. The van der Waals surface area contributed by atoms with E-state index in [0.717, 1.165) is 5.56 Å². The van der Waals surface area contributed by atoms with E-state index in [1.54, 1.807) is 36.4 Å². The number of hydrogen-bond donors (Lipinski definition) is 2. The zero-order valence-corrected chi connectivity index (χ0v) is 12.2. The summed E-state index contributed by atoms with van der Waals surface area (Å²) in [4.78, 5) is 22.4. The van der Waals surface area contributed by atoms with Crippen LogP contribution >= 0.6 is 0 Å². The first-order valence-corrected chi connectivity index (χ1v) is 6.79. The third-order valence-corrected chi connectivity index (χ3v) is 2.78. The zero-order chi connectivity index (χ0) is 16.7. The quantitative estimate of drug-likeness (QED) is 0.803. The summed E-state index contributed by atoms with van der Waals surface area (Å²) in [6.45, 7) is -0.189. The predicted molar refractivity (Wildman–Crippen MR) is 85.2 cm³/mol. The van der Waals surface area contributed by atoms with E-state index in [-0.39, 0.29) is 12.5 Å². The normalized spacial score (nSPS) is 10.5. The van der Waals surface area contributed by atoms with E-state index < -0.39 is 11.7 Å². The van der Waals surface area contributed by atoms with Crippen molar-refractivity contribution in [3.8, 4) is 5.75 Å². The molecule has 118 valence electrons. The molecule has 0 bridgehead atoms. The van der Waals surface area contributed by atoms with Crippen LogP contribution in [0.15, 0.2) is 54.6 Å². The number of amides is 2. The molecule has 0 fully saturated rings. The summed E-state index contributed by atoms with van der Waals surface area (Å²) in [5.74, 6) is -0.837. The van der Waals surface area contributed by atoms with Crippen LogP contribution in [0.4, 0.5) is 10.1 Å². The molecule has 5 nitrogen and oxygen atoms in total. The fourth-order valence-electron chi connectivity index (χ4n) is 1.75. The Morgan fingerprint density at radius 3 is 2.57 bits per heavy atom. The SMILES string of the molecule is NC(=O)COc1ccc(C=CC(=O)Nc2cccc(F)c2)cc1. The van der Waals surface area contributed by atoms with Gasteiger partial charge in [-0.2, -0.15) is 0 Å². The van der Waals surface area contributed by atoms with E-state index >= 15 is 0 Å². The smallest absolute Gasteiger partial charge is 0.255 e. The first-order chi connectivity index (χ1) is 11.0. The maximum absolute atomic E-state index is 13.0. The van der Waals surface area contributed by atoms with Crippen LogP contribution in [-0.4, -0.2) is 18.4 Å². The number of primary amides is 1. The molecule has 2 aromatic rings. The maximum Gasteiger partial charge on any atom is 0.255 e. The van der Waals surface area contributed by atoms with E-state index in [2.05, 4.69) is 5.32 Å². The number of halogens is 1. The van der Waals surface area contributed by atoms with Gasteiger partial charge < -0.3 is 15.8 Å². The van der Waals surface area contributed by atoms with E-state index in [4.69, 9.17) is 10.5 Å². The molecule has 2 rings (SSSR count). The first kappa shape index (κ1) is 16.2. The van der Waals surface area contributed by atoms with Crippen LogP contribution in [0, 0.1) is 5.82 Å². The van der Waals surface area contributed by atoms with Crippen molar-refractivity contribution in [1.29, 1.82) is 0 Å². The summed E-state index contributed by atoms with van der Waals surface area (Å²) in [5, 5.41) is 2.56. The standard InChI is InChI=1S/C17H15FN2O3/c18-13-2-1-3-14(10-13)20-17(22)9-6-12-4-7-15(8-5-12)23-11-16(19)21/h1-10H,11H2,(H2,19,21)(H,20,22). The molecule has 2 aromatic carbocycles. The summed E-state index contributed by atoms with van der Waals surface area (Å²) < 4.78 is 18.1. The lowest BCUT2D eigenvalue weighted by atomic mass is 10.2. The van der Waals surface area contributed by atoms with Crippen molar-refractivity contribution in [2.45, 2.75) is 0 Å². The lowest BCUT2D eigenvalue weighted by molar-refractivity contribution is -0.120. The van der Waals surface area contributed by atoms with Crippen molar-refractivity contribution >= 4 is 23.6 Å². The highest BCUT2D eigenvalue weighted by Gasteiger charge is 2.00. The molecule has 0 spiro atoms. The lowest BCUT2D eigenvalue weighted by Gasteiger charge is -2.03. The van der Waals surface area contributed by atoms with Crippen molar-refractivity contribution in [2.75, 3.05) is 11.9 Å². The highest BCUT2D eigenvalue weighted by molar-refractivity contribution is 6.01. The second-order valence-electron chi connectivity index (χ2n) is 4.66. The van der Waals surface area contributed by atoms with Gasteiger partial charge in [-0.25, -0.2) is 4.39 Å². The Hall–Kier alpha value is -3.15. The van der Waals surface area contributed by atoms with Gasteiger partial charge in [0.05, 0.1) is 0 Å². The number of carbonyl (C=O) groups excluding carboxylic acids is 2. The van der Waals surface area contributed by atoms with E-state index in [0.29, 0.717) is 11.4 Å². The highest BCUT2D eigenvalue weighted by atomic mass is 19.1. The third kappa shape index (κ3) is 5.62. The molecule has 0 heterocycles. The third-order valence-electron chi connectivity index (χ3n) is 2.78. The van der Waals surface area contributed by atoms with Crippen LogP contribution in [0.2, 0.25) is 0 Å². The molecular weight excluding hydrogens is 299 g/mol. The maximum atomic E-state index is 13.0. The van der Waals surface area contributed by atoms with Gasteiger partial charge >= 0.3 is 0 Å². The Balaban J connectivity index is 1.91. The second-order valence-corrected chi connectivity index (χ2v) is 4.66. The molecule has 0 aromatic heterocycles. The number of anilines is 1. The molecule has 3 N–H and O–H groups in total. The van der Waals surface area contributed by atoms with Gasteiger partial charge in [0.15, 0.2) is 6.61 Å². The molecule has 0 aliphatic heterocycles. The van der Waals surface area contributed by atoms with Crippen LogP contribution in [0.3, 0.4) is 0 Å². The average Bonchev–Trinajstić information content (AvgIpc) is 2.52. The fourth-order valence-corrected chi connectivity index (χ4v) is 1.75. The zero-order valence-electron chi connectivity index (χ0n) is 12.2. The minimum Gasteiger partial charge on any atom is -0.484 e. The molecule has 0 saturated carbocycles. The second kappa shape index (κ2) is 7.74. The van der Waals surface area contributed by atoms with Crippen molar-refractivity contribution in [3.05, 3.63) is 66.0 Å². The molecule has 6 heteroatoms. The minimum atomic E-state index is -0.553. The minimum absolute atomic E-state index is 0.189. The molecule has 0 unspecified atom stereocenters. The molecular formula is C17H15FN2O3. The molecule has 0 radical (unpaired) electrons. The van der Waals surface area contributed by atoms with Crippen molar-refractivity contribution < 1.29 is 18.7 Å². The van der Waals surface area contributed by atoms with Crippen LogP contribution in [0.1, 0.15) is 5.56 Å². The molecule has 23 heavy (non-hydrogen) atoms. The number of carbonyl (C=O) groups is 2. The number of rotatable bonds is 6. The summed E-state index contributed by atoms with van der Waals surface area (Å²) >= 11 is 0. The fraction of sp³-hybridized carbons (Fsp3) is 0.0588. The number of ether oxygens (including phenoxy) is 1. The molecule has 0 aliphatic rings. The van der Waals surface area contributed by atoms with Gasteiger partial charge in [0.25, 0.3) is 5.91 Å². The van der Waals surface area contributed by atoms with Crippen molar-refractivity contribution in [2.24, 2.45) is 5.73 Å². The summed E-state index contributed by atoms with van der Waals surface area (Å²) in [7, 11) is 0. The van der Waals surface area contributed by atoms with Gasteiger partial charge in [0, 0.05) is 11.8 Å². The van der Waals surface area contributed by atoms with Crippen LogP contribution in [-0.2, 0) is 9.59 Å². The van der Waals surface area contributed by atoms with Gasteiger partial charge in [-0.1, -0.05) is 18.2 Å². The topological polar surface area (TPSA) is 81.4 Å². The van der Waals surface area contributed by atoms with E-state index in [1.165, 1.54) is 24.3 Å². The molecule has 2 amide bonds. The average molecular weight is 314 g/mol. The van der Waals surface area contributed by atoms with Gasteiger partial charge in [-0.15, -0.1) is 0 Å². The van der Waals surface area contributed by atoms with Gasteiger partial charge in [0.1, 0.15) is 11.6 Å². The number of benzene rings is 2. The Kier molecular flexibility index (Phi) is 5.46. The van der Waals surface area contributed by atoms with Crippen LogP contribution in [0.5, 0.6) is 5.75 Å². The van der Waals surface area contributed by atoms with Gasteiger partial charge in [0.2, 0.25) is 5.91 Å². The number of hydrogen-bond acceptors (Lipinski definition) is 3. The summed E-state index contributed by atoms with van der Waals surface area (Å²) in [6.07, 6.45) is 2.94. The van der Waals surface area contributed by atoms with Crippen molar-refractivity contribution in [1.82, 2.24) is 0 Å². The predicted octanol–water partition coefficient (Wildman–Crippen LogP) is 2.34. The monoisotopic (exact) mass is 314 g/mol. The molecule has 0 atom stereocenters. The number of nitrogens with one attached hydrogen (secondary N) is 1. The van der Waals surface area contributed by atoms with Gasteiger partial charge in [-0.3, -0.25) is 9.59 Å². The Morgan fingerprint density at radius 2 is 1.91 bits per heavy atom. The highest BCUT2D eigenvalue weighted by Crippen LogP contribution is 2.13. The Bertz CT molecular complexity index is 727. The first-order valence-electron chi connectivity index (χ1n) is 6.79. The number of nitrogens with two attached hydrogens (primary N) is 1. The van der Waals surface area contributed by atoms with Crippen molar-refractivity contribution in [3.63, 3.8) is 0 Å². The van der Waals surface area contributed by atoms with Crippen LogP contribution < -0.4 is 15.8 Å². The Morgan fingerprint density at radius 1 is 1.17 bits per heavy atom. The largest absolute Gasteiger partial charge is 0.484 e. The van der Waals surface area contributed by atoms with Crippen LogP contribution in [0.25, 0.3) is 6.08 Å².